The third-order valence-electron chi connectivity index (χ3n) is 3.81. The molecule has 1 N–H and O–H groups in total. The summed E-state index contributed by atoms with van der Waals surface area (Å²) in [6, 6.07) is 9.51. The van der Waals surface area contributed by atoms with Crippen molar-refractivity contribution in [2.24, 2.45) is 0 Å². The van der Waals surface area contributed by atoms with Crippen molar-refractivity contribution < 1.29 is 9.53 Å². The SMILES string of the molecule is CCOc1ccn2ncnc(C3C(=O)Nc4ccccc43)c12. The van der Waals surface area contributed by atoms with E-state index in [9.17, 15) is 4.79 Å². The van der Waals surface area contributed by atoms with Crippen LogP contribution in [0.4, 0.5) is 5.69 Å². The van der Waals surface area contributed by atoms with Gasteiger partial charge in [0.2, 0.25) is 5.91 Å². The van der Waals surface area contributed by atoms with Crippen LogP contribution in [0.5, 0.6) is 5.75 Å². The van der Waals surface area contributed by atoms with Crippen molar-refractivity contribution >= 4 is 17.1 Å². The number of aromatic nitrogens is 3. The molecule has 0 spiro atoms. The number of ether oxygens (including phenoxy) is 1. The van der Waals surface area contributed by atoms with E-state index in [0.717, 1.165) is 16.8 Å². The van der Waals surface area contributed by atoms with Crippen LogP contribution in [0.2, 0.25) is 0 Å². The lowest BCUT2D eigenvalue weighted by atomic mass is 9.96. The fourth-order valence-electron chi connectivity index (χ4n) is 2.91. The van der Waals surface area contributed by atoms with Crippen molar-refractivity contribution in [3.63, 3.8) is 0 Å². The van der Waals surface area contributed by atoms with Crippen molar-refractivity contribution in [3.05, 3.63) is 54.1 Å². The van der Waals surface area contributed by atoms with E-state index in [1.165, 1.54) is 6.33 Å². The van der Waals surface area contributed by atoms with Gasteiger partial charge in [-0.15, -0.1) is 0 Å². The van der Waals surface area contributed by atoms with Gasteiger partial charge in [-0.3, -0.25) is 4.79 Å². The predicted octanol–water partition coefficient (Wildman–Crippen LogP) is 2.21. The lowest BCUT2D eigenvalue weighted by molar-refractivity contribution is -0.116. The molecule has 1 amide bonds. The highest BCUT2D eigenvalue weighted by atomic mass is 16.5. The van der Waals surface area contributed by atoms with Gasteiger partial charge in [-0.25, -0.2) is 9.50 Å². The molecule has 22 heavy (non-hydrogen) atoms. The molecule has 1 aliphatic rings. The average molecular weight is 294 g/mol. The number of carbonyl (C=O) groups is 1. The smallest absolute Gasteiger partial charge is 0.238 e. The van der Waals surface area contributed by atoms with Crippen LogP contribution in [0, 0.1) is 0 Å². The molecule has 6 nitrogen and oxygen atoms in total. The maximum atomic E-state index is 12.4. The van der Waals surface area contributed by atoms with Crippen LogP contribution in [0.25, 0.3) is 5.52 Å². The minimum absolute atomic E-state index is 0.0783. The molecular weight excluding hydrogens is 280 g/mol. The monoisotopic (exact) mass is 294 g/mol. The van der Waals surface area contributed by atoms with Crippen LogP contribution in [-0.4, -0.2) is 27.1 Å². The van der Waals surface area contributed by atoms with E-state index < -0.39 is 5.92 Å². The topological polar surface area (TPSA) is 68.5 Å². The summed E-state index contributed by atoms with van der Waals surface area (Å²) in [5, 5.41) is 7.10. The molecule has 110 valence electrons. The van der Waals surface area contributed by atoms with Gasteiger partial charge >= 0.3 is 0 Å². The van der Waals surface area contributed by atoms with Gasteiger partial charge in [0.1, 0.15) is 23.5 Å². The van der Waals surface area contributed by atoms with Crippen LogP contribution in [-0.2, 0) is 4.79 Å². The quantitative estimate of drug-likeness (QED) is 0.804. The second kappa shape index (κ2) is 4.84. The largest absolute Gasteiger partial charge is 0.491 e. The second-order valence-electron chi connectivity index (χ2n) is 5.06. The first-order chi connectivity index (χ1) is 10.8. The highest BCUT2D eigenvalue weighted by Gasteiger charge is 2.35. The van der Waals surface area contributed by atoms with E-state index >= 15 is 0 Å². The highest BCUT2D eigenvalue weighted by molar-refractivity contribution is 6.05. The number of hydrogen-bond donors (Lipinski definition) is 1. The van der Waals surface area contributed by atoms with E-state index in [1.54, 1.807) is 4.52 Å². The number of rotatable bonds is 3. The maximum absolute atomic E-state index is 12.4. The summed E-state index contributed by atoms with van der Waals surface area (Å²) in [7, 11) is 0. The number of anilines is 1. The molecule has 0 saturated carbocycles. The van der Waals surface area contributed by atoms with Crippen molar-refractivity contribution in [3.8, 4) is 5.75 Å². The van der Waals surface area contributed by atoms with E-state index in [1.807, 2.05) is 43.5 Å². The van der Waals surface area contributed by atoms with Gasteiger partial charge in [-0.1, -0.05) is 18.2 Å². The van der Waals surface area contributed by atoms with Gasteiger partial charge in [0.15, 0.2) is 0 Å². The molecule has 1 aliphatic heterocycles. The Morgan fingerprint density at radius 2 is 2.18 bits per heavy atom. The van der Waals surface area contributed by atoms with Crippen LogP contribution < -0.4 is 10.1 Å². The molecule has 0 aliphatic carbocycles. The second-order valence-corrected chi connectivity index (χ2v) is 5.06. The van der Waals surface area contributed by atoms with Crippen molar-refractivity contribution in [2.75, 3.05) is 11.9 Å². The van der Waals surface area contributed by atoms with Crippen LogP contribution in [0.3, 0.4) is 0 Å². The van der Waals surface area contributed by atoms with Gasteiger partial charge < -0.3 is 10.1 Å². The van der Waals surface area contributed by atoms with Crippen molar-refractivity contribution in [1.82, 2.24) is 14.6 Å². The third-order valence-corrected chi connectivity index (χ3v) is 3.81. The first kappa shape index (κ1) is 12.8. The molecule has 1 atom stereocenters. The Balaban J connectivity index is 1.95. The van der Waals surface area contributed by atoms with E-state index in [0.29, 0.717) is 18.1 Å². The number of benzene rings is 1. The van der Waals surface area contributed by atoms with Gasteiger partial charge in [-0.05, 0) is 18.6 Å². The normalized spacial score (nSPS) is 16.6. The standard InChI is InChI=1S/C16H14N4O2/c1-2-22-12-7-8-20-15(12)14(17-9-18-20)13-10-5-3-4-6-11(10)19-16(13)21/h3-9,13H,2H2,1H3,(H,19,21). The van der Waals surface area contributed by atoms with E-state index in [-0.39, 0.29) is 5.91 Å². The molecule has 4 rings (SSSR count). The number of hydrogen-bond acceptors (Lipinski definition) is 4. The molecule has 2 aromatic heterocycles. The van der Waals surface area contributed by atoms with Gasteiger partial charge in [-0.2, -0.15) is 5.10 Å². The first-order valence-electron chi connectivity index (χ1n) is 7.14. The minimum Gasteiger partial charge on any atom is -0.491 e. The lowest BCUT2D eigenvalue weighted by Gasteiger charge is -2.11. The summed E-state index contributed by atoms with van der Waals surface area (Å²) in [4.78, 5) is 16.8. The first-order valence-corrected chi connectivity index (χ1v) is 7.14. The Bertz CT molecular complexity index is 871. The molecule has 3 aromatic rings. The number of fused-ring (bicyclic) bond motifs is 2. The Hall–Kier alpha value is -2.89. The van der Waals surface area contributed by atoms with Gasteiger partial charge in [0.05, 0.1) is 12.3 Å². The molecule has 1 aromatic carbocycles. The molecule has 0 bridgehead atoms. The lowest BCUT2D eigenvalue weighted by Crippen LogP contribution is -2.16. The molecule has 0 fully saturated rings. The molecule has 0 saturated heterocycles. The van der Waals surface area contributed by atoms with E-state index in [4.69, 9.17) is 4.74 Å². The number of carbonyl (C=O) groups excluding carboxylic acids is 1. The zero-order valence-electron chi connectivity index (χ0n) is 12.0. The average Bonchev–Trinajstić information content (AvgIpc) is 3.08. The molecular formula is C16H14N4O2. The zero-order chi connectivity index (χ0) is 15.1. The predicted molar refractivity (Wildman–Crippen MR) is 81.1 cm³/mol. The van der Waals surface area contributed by atoms with Crippen LogP contribution >= 0.6 is 0 Å². The van der Waals surface area contributed by atoms with Gasteiger partial charge in [0.25, 0.3) is 0 Å². The zero-order valence-corrected chi connectivity index (χ0v) is 12.0. The number of nitrogens with one attached hydrogen (secondary N) is 1. The number of amides is 1. The van der Waals surface area contributed by atoms with Crippen molar-refractivity contribution in [2.45, 2.75) is 12.8 Å². The summed E-state index contributed by atoms with van der Waals surface area (Å²) >= 11 is 0. The Kier molecular flexibility index (Phi) is 2.82. The van der Waals surface area contributed by atoms with E-state index in [2.05, 4.69) is 15.4 Å². The van der Waals surface area contributed by atoms with Gasteiger partial charge in [0, 0.05) is 18.0 Å². The molecule has 1 unspecified atom stereocenters. The summed E-state index contributed by atoms with van der Waals surface area (Å²) in [6.45, 7) is 2.46. The maximum Gasteiger partial charge on any atom is 0.238 e. The number of para-hydroxylation sites is 1. The summed E-state index contributed by atoms with van der Waals surface area (Å²) in [6.07, 6.45) is 3.27. The highest BCUT2D eigenvalue weighted by Crippen LogP contribution is 2.39. The summed E-state index contributed by atoms with van der Waals surface area (Å²) in [5.74, 6) is 0.163. The van der Waals surface area contributed by atoms with Crippen molar-refractivity contribution in [1.29, 1.82) is 0 Å². The van der Waals surface area contributed by atoms with Crippen LogP contribution in [0.15, 0.2) is 42.9 Å². The summed E-state index contributed by atoms with van der Waals surface area (Å²) in [5.41, 5.74) is 3.16. The Morgan fingerprint density at radius 1 is 1.32 bits per heavy atom. The van der Waals surface area contributed by atoms with Crippen LogP contribution in [0.1, 0.15) is 24.1 Å². The Labute approximate surface area is 126 Å². The third kappa shape index (κ3) is 1.77. The minimum atomic E-state index is -0.448. The molecule has 0 radical (unpaired) electrons. The molecule has 3 heterocycles. The number of nitrogens with zero attached hydrogens (tertiary/aromatic N) is 3. The Morgan fingerprint density at radius 3 is 3.05 bits per heavy atom. The fourth-order valence-corrected chi connectivity index (χ4v) is 2.91. The molecule has 6 heteroatoms. The summed E-state index contributed by atoms with van der Waals surface area (Å²) < 4.78 is 7.35. The fraction of sp³-hybridized carbons (Fsp3) is 0.188.